The molecule has 0 radical (unpaired) electrons. The fourth-order valence-electron chi connectivity index (χ4n) is 1.20. The Balaban J connectivity index is 6.09. The van der Waals surface area contributed by atoms with Gasteiger partial charge in [0.25, 0.3) is 0 Å². The summed E-state index contributed by atoms with van der Waals surface area (Å²) in [5.74, 6) is -22.2. The van der Waals surface area contributed by atoms with Crippen molar-refractivity contribution in [1.29, 1.82) is 0 Å². The lowest BCUT2D eigenvalue weighted by molar-refractivity contribution is -0.389. The van der Waals surface area contributed by atoms with E-state index in [1.54, 1.807) is 0 Å². The third kappa shape index (κ3) is 3.10. The highest BCUT2D eigenvalue weighted by molar-refractivity contribution is 5.90. The molecule has 0 fully saturated rings. The zero-order valence-corrected chi connectivity index (χ0v) is 10.5. The second kappa shape index (κ2) is 5.76. The van der Waals surface area contributed by atoms with Gasteiger partial charge in [-0.05, 0) is 6.42 Å². The molecule has 0 bridgehead atoms. The second-order valence-electron chi connectivity index (χ2n) is 3.74. The molecule has 0 N–H and O–H groups in total. The molecule has 0 aliphatic heterocycles. The number of halogens is 9. The van der Waals surface area contributed by atoms with Crippen LogP contribution >= 0.6 is 0 Å². The van der Waals surface area contributed by atoms with Gasteiger partial charge >= 0.3 is 29.9 Å². The molecule has 0 heterocycles. The highest BCUT2D eigenvalue weighted by Gasteiger charge is 2.82. The highest BCUT2D eigenvalue weighted by Crippen LogP contribution is 2.55. The average Bonchev–Trinajstić information content (AvgIpc) is 2.32. The van der Waals surface area contributed by atoms with Crippen molar-refractivity contribution in [3.8, 4) is 0 Å². The number of ether oxygens (including phenoxy) is 1. The van der Waals surface area contributed by atoms with E-state index in [4.69, 9.17) is 0 Å². The minimum atomic E-state index is -7.05. The third-order valence-corrected chi connectivity index (χ3v) is 2.30. The van der Waals surface area contributed by atoms with Crippen molar-refractivity contribution in [2.45, 2.75) is 37.3 Å². The minimum Gasteiger partial charge on any atom is -0.465 e. The first-order chi connectivity index (χ1) is 9.18. The highest BCUT2D eigenvalue weighted by atomic mass is 19.4. The summed E-state index contributed by atoms with van der Waals surface area (Å²) in [5.41, 5.74) is -2.28. The van der Waals surface area contributed by atoms with Gasteiger partial charge in [0.2, 0.25) is 0 Å². The SMILES string of the molecule is CCC=C(C(=O)OC)C(F)(F)C(F)(F)C(F)(F)C(F)(F)F. The van der Waals surface area contributed by atoms with E-state index in [0.29, 0.717) is 7.11 Å². The maximum absolute atomic E-state index is 13.4. The van der Waals surface area contributed by atoms with Gasteiger partial charge in [-0.3, -0.25) is 0 Å². The van der Waals surface area contributed by atoms with Crippen LogP contribution in [-0.2, 0) is 9.53 Å². The first kappa shape index (κ1) is 19.6. The first-order valence-corrected chi connectivity index (χ1v) is 5.17. The smallest absolute Gasteiger partial charge is 0.460 e. The van der Waals surface area contributed by atoms with Gasteiger partial charge in [0, 0.05) is 0 Å². The van der Waals surface area contributed by atoms with Crippen LogP contribution in [0, 0.1) is 0 Å². The Hall–Kier alpha value is -1.42. The molecule has 0 aliphatic rings. The number of allylic oxidation sites excluding steroid dienone is 1. The van der Waals surface area contributed by atoms with E-state index in [9.17, 15) is 44.3 Å². The lowest BCUT2D eigenvalue weighted by Crippen LogP contribution is -2.62. The number of alkyl halides is 9. The molecular formula is C10H9F9O2. The van der Waals surface area contributed by atoms with Crippen LogP contribution in [0.5, 0.6) is 0 Å². The first-order valence-electron chi connectivity index (χ1n) is 5.17. The van der Waals surface area contributed by atoms with E-state index in [-0.39, 0.29) is 6.08 Å². The maximum Gasteiger partial charge on any atom is 0.460 e. The molecule has 0 atom stereocenters. The van der Waals surface area contributed by atoms with Gasteiger partial charge < -0.3 is 4.74 Å². The Morgan fingerprint density at radius 3 is 1.67 bits per heavy atom. The lowest BCUT2D eigenvalue weighted by Gasteiger charge is -2.34. The summed E-state index contributed by atoms with van der Waals surface area (Å²) in [6.45, 7) is 1.07. The van der Waals surface area contributed by atoms with Gasteiger partial charge in [0.05, 0.1) is 7.11 Å². The molecule has 0 saturated heterocycles. The number of rotatable bonds is 5. The number of methoxy groups -OCH3 is 1. The Morgan fingerprint density at radius 2 is 1.38 bits per heavy atom. The van der Waals surface area contributed by atoms with E-state index in [0.717, 1.165) is 6.92 Å². The van der Waals surface area contributed by atoms with Gasteiger partial charge in [-0.2, -0.15) is 39.5 Å². The van der Waals surface area contributed by atoms with Crippen molar-refractivity contribution in [2.75, 3.05) is 7.11 Å². The fourth-order valence-corrected chi connectivity index (χ4v) is 1.20. The Labute approximate surface area is 112 Å². The Bertz CT molecular complexity index is 423. The summed E-state index contributed by atoms with van der Waals surface area (Å²) in [6.07, 6.45) is -7.35. The monoisotopic (exact) mass is 332 g/mol. The van der Waals surface area contributed by atoms with E-state index >= 15 is 0 Å². The van der Waals surface area contributed by atoms with Gasteiger partial charge in [-0.25, -0.2) is 4.79 Å². The van der Waals surface area contributed by atoms with E-state index in [2.05, 4.69) is 4.74 Å². The maximum atomic E-state index is 13.4. The molecule has 0 unspecified atom stereocenters. The second-order valence-corrected chi connectivity index (χ2v) is 3.74. The van der Waals surface area contributed by atoms with Gasteiger partial charge in [-0.15, -0.1) is 0 Å². The van der Waals surface area contributed by atoms with Crippen molar-refractivity contribution >= 4 is 5.97 Å². The molecule has 0 aromatic carbocycles. The summed E-state index contributed by atoms with van der Waals surface area (Å²) >= 11 is 0. The molecule has 0 aromatic rings. The standard InChI is InChI=1S/C10H9F9O2/c1-3-4-5(6(20)21-2)7(11,12)8(13,14)9(15,16)10(17,18)19/h4H,3H2,1-2H3. The molecular weight excluding hydrogens is 323 g/mol. The van der Waals surface area contributed by atoms with Crippen molar-refractivity contribution in [3.05, 3.63) is 11.6 Å². The summed E-state index contributed by atoms with van der Waals surface area (Å²) in [4.78, 5) is 10.9. The van der Waals surface area contributed by atoms with Crippen LogP contribution in [0.25, 0.3) is 0 Å². The molecule has 0 rings (SSSR count). The lowest BCUT2D eigenvalue weighted by atomic mass is 9.96. The van der Waals surface area contributed by atoms with E-state index in [1.165, 1.54) is 0 Å². The summed E-state index contributed by atoms with van der Waals surface area (Å²) in [6, 6.07) is 0. The van der Waals surface area contributed by atoms with E-state index in [1.807, 2.05) is 0 Å². The third-order valence-electron chi connectivity index (χ3n) is 2.30. The predicted octanol–water partition coefficient (Wildman–Crippen LogP) is 3.96. The van der Waals surface area contributed by atoms with Crippen molar-refractivity contribution in [1.82, 2.24) is 0 Å². The molecule has 0 saturated carbocycles. The summed E-state index contributed by atoms with van der Waals surface area (Å²) < 4.78 is 118. The number of carbonyl (C=O) groups is 1. The molecule has 21 heavy (non-hydrogen) atoms. The number of hydrogen-bond donors (Lipinski definition) is 0. The Kier molecular flexibility index (Phi) is 5.37. The number of esters is 1. The summed E-state index contributed by atoms with van der Waals surface area (Å²) in [5, 5.41) is 0. The number of carbonyl (C=O) groups excluding carboxylic acids is 1. The molecule has 11 heteroatoms. The van der Waals surface area contributed by atoms with Crippen LogP contribution < -0.4 is 0 Å². The molecule has 0 aromatic heterocycles. The van der Waals surface area contributed by atoms with Crippen LogP contribution in [0.4, 0.5) is 39.5 Å². The van der Waals surface area contributed by atoms with Gasteiger partial charge in [0.1, 0.15) is 5.57 Å². The molecule has 0 amide bonds. The Morgan fingerprint density at radius 1 is 0.952 bits per heavy atom. The van der Waals surface area contributed by atoms with Crippen LogP contribution in [0.1, 0.15) is 13.3 Å². The quantitative estimate of drug-likeness (QED) is 0.433. The zero-order valence-electron chi connectivity index (χ0n) is 10.5. The molecule has 124 valence electrons. The molecule has 0 aliphatic carbocycles. The molecule has 2 nitrogen and oxygen atoms in total. The van der Waals surface area contributed by atoms with Crippen LogP contribution in [0.15, 0.2) is 11.6 Å². The normalized spacial score (nSPS) is 15.1. The zero-order chi connectivity index (χ0) is 17.3. The van der Waals surface area contributed by atoms with Crippen molar-refractivity contribution in [2.24, 2.45) is 0 Å². The van der Waals surface area contributed by atoms with Crippen LogP contribution in [0.2, 0.25) is 0 Å². The fraction of sp³-hybridized carbons (Fsp3) is 0.700. The van der Waals surface area contributed by atoms with Crippen LogP contribution in [0.3, 0.4) is 0 Å². The van der Waals surface area contributed by atoms with E-state index < -0.39 is 41.9 Å². The van der Waals surface area contributed by atoms with Crippen molar-refractivity contribution < 1.29 is 49.0 Å². The predicted molar refractivity (Wildman–Crippen MR) is 51.3 cm³/mol. The van der Waals surface area contributed by atoms with Gasteiger partial charge in [-0.1, -0.05) is 13.0 Å². The largest absolute Gasteiger partial charge is 0.465 e. The average molecular weight is 332 g/mol. The molecule has 0 spiro atoms. The topological polar surface area (TPSA) is 26.3 Å². The van der Waals surface area contributed by atoms with Crippen molar-refractivity contribution in [3.63, 3.8) is 0 Å². The summed E-state index contributed by atoms with van der Waals surface area (Å²) in [7, 11) is 0.474. The van der Waals surface area contributed by atoms with Crippen LogP contribution in [-0.4, -0.2) is 37.0 Å². The van der Waals surface area contributed by atoms with Gasteiger partial charge in [0.15, 0.2) is 0 Å². The minimum absolute atomic E-state index is 0.0895. The number of hydrogen-bond acceptors (Lipinski definition) is 2.